The van der Waals surface area contributed by atoms with Crippen LogP contribution < -0.4 is 5.43 Å². The highest BCUT2D eigenvalue weighted by Gasteiger charge is 2.44. The zero-order valence-electron chi connectivity index (χ0n) is 15.9. The van der Waals surface area contributed by atoms with Crippen LogP contribution in [-0.2, 0) is 4.74 Å². The Morgan fingerprint density at radius 1 is 0.839 bits per heavy atom. The normalized spacial score (nSPS) is 26.3. The Hall–Kier alpha value is -3.15. The Balaban J connectivity index is 1.83. The molecule has 1 fully saturated rings. The quantitative estimate of drug-likeness (QED) is 0.280. The summed E-state index contributed by atoms with van der Waals surface area (Å²) in [5, 5.41) is 69.1. The fourth-order valence-electron chi connectivity index (χ4n) is 3.65. The molecule has 1 saturated heterocycles. The van der Waals surface area contributed by atoms with Gasteiger partial charge in [0, 0.05) is 11.6 Å². The van der Waals surface area contributed by atoms with Gasteiger partial charge in [-0.25, -0.2) is 0 Å². The summed E-state index contributed by atoms with van der Waals surface area (Å²) in [5.74, 6) is -1.19. The number of aromatic hydroxyl groups is 3. The third-order valence-corrected chi connectivity index (χ3v) is 5.31. The highest BCUT2D eigenvalue weighted by Crippen LogP contribution is 2.37. The Bertz CT molecular complexity index is 1180. The molecule has 7 N–H and O–H groups in total. The van der Waals surface area contributed by atoms with Crippen molar-refractivity contribution >= 4 is 11.0 Å². The predicted molar refractivity (Wildman–Crippen MR) is 106 cm³/mol. The lowest BCUT2D eigenvalue weighted by Gasteiger charge is -2.40. The molecule has 1 aromatic heterocycles. The first kappa shape index (κ1) is 21.1. The number of fused-ring (bicyclic) bond motifs is 1. The highest BCUT2D eigenvalue weighted by molar-refractivity contribution is 5.85. The van der Waals surface area contributed by atoms with E-state index >= 15 is 0 Å². The van der Waals surface area contributed by atoms with Crippen LogP contribution in [0.3, 0.4) is 0 Å². The van der Waals surface area contributed by atoms with E-state index < -0.39 is 54.1 Å². The van der Waals surface area contributed by atoms with Crippen LogP contribution in [0.5, 0.6) is 17.2 Å². The Morgan fingerprint density at radius 2 is 1.58 bits per heavy atom. The zero-order chi connectivity index (χ0) is 22.4. The van der Waals surface area contributed by atoms with Gasteiger partial charge in [0.25, 0.3) is 0 Å². The minimum absolute atomic E-state index is 0.0400. The van der Waals surface area contributed by atoms with Crippen molar-refractivity contribution in [1.82, 2.24) is 0 Å². The van der Waals surface area contributed by atoms with E-state index in [1.54, 1.807) is 0 Å². The second-order valence-electron chi connectivity index (χ2n) is 7.34. The summed E-state index contributed by atoms with van der Waals surface area (Å²) in [5.41, 5.74) is -0.230. The maximum atomic E-state index is 12.6. The van der Waals surface area contributed by atoms with E-state index in [0.29, 0.717) is 0 Å². The summed E-state index contributed by atoms with van der Waals surface area (Å²) in [6.45, 7) is -0.620. The maximum Gasteiger partial charge on any atom is 0.197 e. The van der Waals surface area contributed by atoms with E-state index in [9.17, 15) is 40.5 Å². The number of aliphatic hydroxyl groups excluding tert-OH is 4. The molecule has 3 aromatic rings. The van der Waals surface area contributed by atoms with Crippen LogP contribution in [0.25, 0.3) is 22.3 Å². The van der Waals surface area contributed by atoms with E-state index in [2.05, 4.69) is 0 Å². The molecule has 2 heterocycles. The monoisotopic (exact) mass is 432 g/mol. The van der Waals surface area contributed by atoms with Crippen LogP contribution in [-0.4, -0.2) is 66.8 Å². The van der Waals surface area contributed by atoms with E-state index in [4.69, 9.17) is 9.15 Å². The first-order valence-corrected chi connectivity index (χ1v) is 9.35. The zero-order valence-corrected chi connectivity index (χ0v) is 15.9. The number of ether oxygens (including phenoxy) is 1. The smallest absolute Gasteiger partial charge is 0.197 e. The fourth-order valence-corrected chi connectivity index (χ4v) is 3.65. The predicted octanol–water partition coefficient (Wildman–Crippen LogP) is 0.0917. The average Bonchev–Trinajstić information content (AvgIpc) is 2.73. The molecule has 1 aliphatic heterocycles. The molecule has 0 saturated carbocycles. The van der Waals surface area contributed by atoms with E-state index in [-0.39, 0.29) is 33.6 Å². The first-order chi connectivity index (χ1) is 14.7. The molecule has 0 amide bonds. The van der Waals surface area contributed by atoms with Crippen molar-refractivity contribution in [2.45, 2.75) is 30.5 Å². The molecule has 5 atom stereocenters. The van der Waals surface area contributed by atoms with Crippen LogP contribution in [0, 0.1) is 0 Å². The van der Waals surface area contributed by atoms with Crippen LogP contribution in [0.4, 0.5) is 0 Å². The topological polar surface area (TPSA) is 181 Å². The third-order valence-electron chi connectivity index (χ3n) is 5.31. The summed E-state index contributed by atoms with van der Waals surface area (Å²) >= 11 is 0. The van der Waals surface area contributed by atoms with Gasteiger partial charge in [-0.1, -0.05) is 0 Å². The Morgan fingerprint density at radius 3 is 2.26 bits per heavy atom. The second-order valence-corrected chi connectivity index (χ2v) is 7.34. The van der Waals surface area contributed by atoms with Crippen molar-refractivity contribution in [2.24, 2.45) is 0 Å². The number of phenols is 3. The number of rotatable bonds is 3. The summed E-state index contributed by atoms with van der Waals surface area (Å²) in [4.78, 5) is 12.6. The van der Waals surface area contributed by atoms with E-state index in [0.717, 1.165) is 12.1 Å². The van der Waals surface area contributed by atoms with Crippen molar-refractivity contribution in [1.29, 1.82) is 0 Å². The highest BCUT2D eigenvalue weighted by atomic mass is 16.5. The minimum Gasteiger partial charge on any atom is -0.507 e. The largest absolute Gasteiger partial charge is 0.507 e. The van der Waals surface area contributed by atoms with Gasteiger partial charge in [0.2, 0.25) is 0 Å². The first-order valence-electron chi connectivity index (χ1n) is 9.35. The van der Waals surface area contributed by atoms with Crippen LogP contribution in [0.1, 0.15) is 11.7 Å². The number of benzene rings is 2. The van der Waals surface area contributed by atoms with Gasteiger partial charge in [0.05, 0.1) is 6.61 Å². The summed E-state index contributed by atoms with van der Waals surface area (Å²) in [6.07, 6.45) is -7.14. The molecule has 0 aliphatic carbocycles. The average molecular weight is 432 g/mol. The molecule has 10 nitrogen and oxygen atoms in total. The maximum absolute atomic E-state index is 12.6. The Kier molecular flexibility index (Phi) is 5.33. The van der Waals surface area contributed by atoms with Crippen molar-refractivity contribution in [3.63, 3.8) is 0 Å². The second kappa shape index (κ2) is 7.84. The molecule has 164 valence electrons. The summed E-state index contributed by atoms with van der Waals surface area (Å²) in [6, 6.07) is 7.43. The van der Waals surface area contributed by atoms with Gasteiger partial charge in [-0.3, -0.25) is 4.79 Å². The van der Waals surface area contributed by atoms with Crippen molar-refractivity contribution < 1.29 is 44.9 Å². The number of hydrogen-bond donors (Lipinski definition) is 7. The van der Waals surface area contributed by atoms with E-state index in [1.807, 2.05) is 0 Å². The van der Waals surface area contributed by atoms with Gasteiger partial charge in [0.15, 0.2) is 16.9 Å². The van der Waals surface area contributed by atoms with Crippen molar-refractivity contribution in [3.05, 3.63) is 52.2 Å². The van der Waals surface area contributed by atoms with Gasteiger partial charge >= 0.3 is 0 Å². The minimum atomic E-state index is -1.62. The van der Waals surface area contributed by atoms with Gasteiger partial charge in [0.1, 0.15) is 53.0 Å². The molecule has 10 heteroatoms. The summed E-state index contributed by atoms with van der Waals surface area (Å²) in [7, 11) is 0. The third kappa shape index (κ3) is 3.60. The molecule has 0 radical (unpaired) electrons. The number of aliphatic hydroxyl groups is 4. The SMILES string of the molecule is O=c1cc(-c2ccc(O)c(O)c2)oc2cc(C3OC(CO)C(O)C(O)C3O)cc(O)c12. The lowest BCUT2D eigenvalue weighted by atomic mass is 9.90. The van der Waals surface area contributed by atoms with Gasteiger partial charge in [-0.15, -0.1) is 0 Å². The van der Waals surface area contributed by atoms with Gasteiger partial charge in [-0.2, -0.15) is 0 Å². The molecule has 5 unspecified atom stereocenters. The number of hydrogen-bond acceptors (Lipinski definition) is 10. The molecule has 1 aliphatic rings. The Labute approximate surface area is 174 Å². The van der Waals surface area contributed by atoms with E-state index in [1.165, 1.54) is 24.3 Å². The molecule has 4 rings (SSSR count). The fraction of sp³-hybridized carbons (Fsp3) is 0.286. The summed E-state index contributed by atoms with van der Waals surface area (Å²) < 4.78 is 11.2. The van der Waals surface area contributed by atoms with Gasteiger partial charge < -0.3 is 44.9 Å². The lowest BCUT2D eigenvalue weighted by molar-refractivity contribution is -0.231. The van der Waals surface area contributed by atoms with Crippen molar-refractivity contribution in [3.8, 4) is 28.6 Å². The number of phenolic OH excluding ortho intramolecular Hbond substituents is 3. The molecular formula is C21H20O10. The van der Waals surface area contributed by atoms with Crippen LogP contribution in [0.15, 0.2) is 45.6 Å². The standard InChI is InChI=1S/C21H20O10/c22-7-16-18(27)19(28)20(29)21(31-16)9-4-12(25)17-13(26)6-14(30-15(17)5-9)8-1-2-10(23)11(24)3-8/h1-6,16,18-25,27-29H,7H2. The molecule has 2 aromatic carbocycles. The molecule has 0 spiro atoms. The van der Waals surface area contributed by atoms with Crippen molar-refractivity contribution in [2.75, 3.05) is 6.61 Å². The van der Waals surface area contributed by atoms with Crippen LogP contribution in [0.2, 0.25) is 0 Å². The molecular weight excluding hydrogens is 412 g/mol. The molecule has 0 bridgehead atoms. The lowest BCUT2D eigenvalue weighted by Crippen LogP contribution is -2.55. The van der Waals surface area contributed by atoms with Gasteiger partial charge in [-0.05, 0) is 35.9 Å². The van der Waals surface area contributed by atoms with Crippen LogP contribution >= 0.6 is 0 Å². The molecule has 31 heavy (non-hydrogen) atoms.